The number of carbonyl (C=O) groups excluding carboxylic acids is 1. The summed E-state index contributed by atoms with van der Waals surface area (Å²) in [7, 11) is 0. The number of carbonyl (C=O) groups is 1. The molecule has 0 heterocycles. The summed E-state index contributed by atoms with van der Waals surface area (Å²) in [6, 6.07) is 5.15. The van der Waals surface area contributed by atoms with Crippen LogP contribution >= 0.6 is 0 Å². The molecular weight excluding hydrogens is 235 g/mol. The van der Waals surface area contributed by atoms with Crippen molar-refractivity contribution in [1.82, 2.24) is 0 Å². The van der Waals surface area contributed by atoms with Gasteiger partial charge in [-0.3, -0.25) is 4.79 Å². The van der Waals surface area contributed by atoms with Gasteiger partial charge in [0.25, 0.3) is 0 Å². The number of allylic oxidation sites excluding steroid dienone is 1. The van der Waals surface area contributed by atoms with Crippen molar-refractivity contribution in [1.29, 1.82) is 0 Å². The van der Waals surface area contributed by atoms with Gasteiger partial charge in [0.15, 0.2) is 5.78 Å². The molecule has 0 saturated carbocycles. The fourth-order valence-electron chi connectivity index (χ4n) is 1.87. The Morgan fingerprint density at radius 3 is 2.50 bits per heavy atom. The van der Waals surface area contributed by atoms with Gasteiger partial charge in [-0.15, -0.1) is 0 Å². The first kappa shape index (κ1) is 12.5. The molecule has 3 nitrogen and oxygen atoms in total. The minimum Gasteiger partial charge on any atom is -0.508 e. The number of ketones is 1. The topological polar surface area (TPSA) is 57.5 Å². The number of hydrogen-bond acceptors (Lipinski definition) is 3. The Kier molecular flexibility index (Phi) is 3.05. The molecule has 2 atom stereocenters. The van der Waals surface area contributed by atoms with Crippen LogP contribution in [0.15, 0.2) is 48.3 Å². The third-order valence-corrected chi connectivity index (χ3v) is 3.14. The summed E-state index contributed by atoms with van der Waals surface area (Å²) in [6.07, 6.45) is 2.92. The zero-order valence-corrected chi connectivity index (χ0v) is 9.80. The predicted molar refractivity (Wildman–Crippen MR) is 64.7 cm³/mol. The van der Waals surface area contributed by atoms with Gasteiger partial charge in [-0.25, -0.2) is 4.39 Å². The first-order chi connectivity index (χ1) is 8.43. The van der Waals surface area contributed by atoms with E-state index < -0.39 is 17.3 Å². The Labute approximate surface area is 104 Å². The van der Waals surface area contributed by atoms with Gasteiger partial charge in [-0.2, -0.15) is 0 Å². The number of benzene rings is 1. The highest BCUT2D eigenvalue weighted by Crippen LogP contribution is 2.33. The summed E-state index contributed by atoms with van der Waals surface area (Å²) in [5, 5.41) is 19.2. The Morgan fingerprint density at radius 2 is 1.94 bits per heavy atom. The lowest BCUT2D eigenvalue weighted by molar-refractivity contribution is 0.0632. The predicted octanol–water partition coefficient (Wildman–Crippen LogP) is 2.39. The highest BCUT2D eigenvalue weighted by Gasteiger charge is 2.39. The number of rotatable bonds is 2. The summed E-state index contributed by atoms with van der Waals surface area (Å²) in [5.74, 6) is -0.823. The smallest absolute Gasteiger partial charge is 0.175 e. The van der Waals surface area contributed by atoms with Crippen molar-refractivity contribution in [3.05, 3.63) is 59.6 Å². The summed E-state index contributed by atoms with van der Waals surface area (Å²) in [5.41, 5.74) is -0.832. The molecule has 0 radical (unpaired) electrons. The van der Waals surface area contributed by atoms with Crippen LogP contribution < -0.4 is 0 Å². The van der Waals surface area contributed by atoms with Gasteiger partial charge in [0, 0.05) is 5.56 Å². The molecule has 0 bridgehead atoms. The molecule has 18 heavy (non-hydrogen) atoms. The lowest BCUT2D eigenvalue weighted by Crippen LogP contribution is -2.38. The second-order valence-electron chi connectivity index (χ2n) is 4.49. The van der Waals surface area contributed by atoms with Crippen molar-refractivity contribution in [2.45, 2.75) is 13.0 Å². The fraction of sp³-hybridized carbons (Fsp3) is 0.214. The van der Waals surface area contributed by atoms with E-state index in [-0.39, 0.29) is 11.5 Å². The average Bonchev–Trinajstić information content (AvgIpc) is 2.34. The number of aliphatic hydroxyl groups is 2. The molecule has 0 aliphatic heterocycles. The second kappa shape index (κ2) is 4.38. The number of Topliss-reactive ketones (excluding diaryl/α,β-unsaturated/α-hetero) is 1. The molecule has 1 aromatic carbocycles. The van der Waals surface area contributed by atoms with Gasteiger partial charge in [0.2, 0.25) is 0 Å². The van der Waals surface area contributed by atoms with E-state index in [1.165, 1.54) is 42.5 Å². The van der Waals surface area contributed by atoms with Crippen molar-refractivity contribution in [3.8, 4) is 0 Å². The number of aliphatic hydroxyl groups excluding tert-OH is 2. The highest BCUT2D eigenvalue weighted by atomic mass is 19.1. The first-order valence-electron chi connectivity index (χ1n) is 5.52. The van der Waals surface area contributed by atoms with E-state index in [0.717, 1.165) is 0 Å². The number of hydrogen-bond donors (Lipinski definition) is 2. The lowest BCUT2D eigenvalue weighted by atomic mass is 9.75. The molecule has 1 aliphatic carbocycles. The SMILES string of the molecule is CC1(C(=O)c2ccc(F)cc2)C=CC(O)=CC1O. The third kappa shape index (κ3) is 2.07. The molecule has 0 aromatic heterocycles. The minimum absolute atomic E-state index is 0.0770. The molecule has 2 rings (SSSR count). The van der Waals surface area contributed by atoms with Gasteiger partial charge in [-0.1, -0.05) is 6.08 Å². The molecule has 2 unspecified atom stereocenters. The van der Waals surface area contributed by atoms with E-state index in [0.29, 0.717) is 5.56 Å². The van der Waals surface area contributed by atoms with Crippen molar-refractivity contribution in [2.24, 2.45) is 5.41 Å². The molecule has 2 N–H and O–H groups in total. The Balaban J connectivity index is 2.34. The van der Waals surface area contributed by atoms with Crippen LogP contribution in [0.5, 0.6) is 0 Å². The maximum Gasteiger partial charge on any atom is 0.175 e. The van der Waals surface area contributed by atoms with E-state index in [1.807, 2.05) is 0 Å². The maximum absolute atomic E-state index is 12.8. The molecule has 94 valence electrons. The van der Waals surface area contributed by atoms with Crippen molar-refractivity contribution in [2.75, 3.05) is 0 Å². The zero-order valence-electron chi connectivity index (χ0n) is 9.80. The molecule has 0 amide bonds. The normalized spacial score (nSPS) is 26.8. The third-order valence-electron chi connectivity index (χ3n) is 3.14. The zero-order chi connectivity index (χ0) is 13.3. The second-order valence-corrected chi connectivity index (χ2v) is 4.49. The summed E-state index contributed by atoms with van der Waals surface area (Å²) < 4.78 is 12.8. The van der Waals surface area contributed by atoms with Crippen LogP contribution in [0.1, 0.15) is 17.3 Å². The van der Waals surface area contributed by atoms with Crippen molar-refractivity contribution >= 4 is 5.78 Å². The lowest BCUT2D eigenvalue weighted by Gasteiger charge is -2.30. The molecule has 0 spiro atoms. The van der Waals surface area contributed by atoms with Gasteiger partial charge in [-0.05, 0) is 43.3 Å². The van der Waals surface area contributed by atoms with Crippen LogP contribution in [-0.4, -0.2) is 22.1 Å². The number of halogens is 1. The highest BCUT2D eigenvalue weighted by molar-refractivity contribution is 6.02. The average molecular weight is 248 g/mol. The molecule has 1 aliphatic rings. The van der Waals surface area contributed by atoms with E-state index in [1.54, 1.807) is 6.92 Å². The van der Waals surface area contributed by atoms with E-state index in [9.17, 15) is 19.4 Å². The van der Waals surface area contributed by atoms with Gasteiger partial charge >= 0.3 is 0 Å². The van der Waals surface area contributed by atoms with E-state index in [4.69, 9.17) is 0 Å². The van der Waals surface area contributed by atoms with Crippen LogP contribution in [-0.2, 0) is 0 Å². The van der Waals surface area contributed by atoms with Crippen LogP contribution in [0.3, 0.4) is 0 Å². The molecule has 0 fully saturated rings. The van der Waals surface area contributed by atoms with Gasteiger partial charge in [0.1, 0.15) is 11.6 Å². The molecular formula is C14H13FO3. The monoisotopic (exact) mass is 248 g/mol. The minimum atomic E-state index is -1.15. The van der Waals surface area contributed by atoms with Crippen LogP contribution in [0.2, 0.25) is 0 Å². The molecule has 0 saturated heterocycles. The van der Waals surface area contributed by atoms with Crippen molar-refractivity contribution in [3.63, 3.8) is 0 Å². The van der Waals surface area contributed by atoms with Crippen LogP contribution in [0.25, 0.3) is 0 Å². The largest absolute Gasteiger partial charge is 0.508 e. The van der Waals surface area contributed by atoms with Gasteiger partial charge < -0.3 is 10.2 Å². The van der Waals surface area contributed by atoms with Crippen LogP contribution in [0.4, 0.5) is 4.39 Å². The van der Waals surface area contributed by atoms with E-state index in [2.05, 4.69) is 0 Å². The Bertz CT molecular complexity index is 530. The maximum atomic E-state index is 12.8. The summed E-state index contributed by atoms with van der Waals surface area (Å²) in [4.78, 5) is 12.3. The van der Waals surface area contributed by atoms with Gasteiger partial charge in [0.05, 0.1) is 11.5 Å². The van der Waals surface area contributed by atoms with Crippen molar-refractivity contribution < 1.29 is 19.4 Å². The quantitative estimate of drug-likeness (QED) is 0.790. The molecule has 1 aromatic rings. The molecule has 4 heteroatoms. The Hall–Kier alpha value is -1.94. The summed E-state index contributed by atoms with van der Waals surface area (Å²) >= 11 is 0. The first-order valence-corrected chi connectivity index (χ1v) is 5.52. The van der Waals surface area contributed by atoms with Crippen LogP contribution in [0, 0.1) is 11.2 Å². The fourth-order valence-corrected chi connectivity index (χ4v) is 1.87. The van der Waals surface area contributed by atoms with E-state index >= 15 is 0 Å². The standard InChI is InChI=1S/C14H13FO3/c1-14(7-6-11(16)8-12(14)17)13(18)9-2-4-10(15)5-3-9/h2-8,12,16-17H,1H3. The Morgan fingerprint density at radius 1 is 1.33 bits per heavy atom. The summed E-state index contributed by atoms with van der Waals surface area (Å²) in [6.45, 7) is 1.57.